The number of thiol groups is 2. The number of halogens is 6. The summed E-state index contributed by atoms with van der Waals surface area (Å²) in [5.41, 5.74) is -3.19. The zero-order valence-corrected chi connectivity index (χ0v) is 12.3. The van der Waals surface area contributed by atoms with Gasteiger partial charge in [0, 0.05) is 0 Å². The average molecular weight is 371 g/mol. The van der Waals surface area contributed by atoms with Crippen LogP contribution < -0.4 is 0 Å². The predicted molar refractivity (Wildman–Crippen MR) is 76.8 cm³/mol. The Balaban J connectivity index is 2.35. The van der Waals surface area contributed by atoms with E-state index in [0.29, 0.717) is 4.90 Å². The minimum absolute atomic E-state index is 0.0510. The molecule has 0 amide bonds. The Kier molecular flexibility index (Phi) is 3.41. The van der Waals surface area contributed by atoms with E-state index >= 15 is 0 Å². The van der Waals surface area contributed by atoms with Crippen molar-refractivity contribution in [2.75, 3.05) is 0 Å². The van der Waals surface area contributed by atoms with Crippen LogP contribution >= 0.6 is 25.3 Å². The third-order valence-corrected chi connectivity index (χ3v) is 3.22. The van der Waals surface area contributed by atoms with E-state index in [2.05, 4.69) is 45.2 Å². The maximum absolute atomic E-state index is 13.1. The van der Waals surface area contributed by atoms with Crippen LogP contribution in [0.2, 0.25) is 0 Å². The fourth-order valence-electron chi connectivity index (χ4n) is 1.99. The fourth-order valence-corrected chi connectivity index (χ4v) is 2.35. The summed E-state index contributed by atoms with van der Waals surface area (Å²) in [7, 11) is 0. The number of alkyl halides is 6. The quantitative estimate of drug-likeness (QED) is 0.499. The zero-order chi connectivity index (χ0) is 17.2. The van der Waals surface area contributed by atoms with Crippen LogP contribution in [0.1, 0.15) is 0 Å². The summed E-state index contributed by atoms with van der Waals surface area (Å²) in [6.45, 7) is 0. The molecule has 0 aromatic heterocycles. The first-order valence-corrected chi connectivity index (χ1v) is 6.51. The Bertz CT molecular complexity index is 783. The van der Waals surface area contributed by atoms with E-state index in [4.69, 9.17) is 0 Å². The first-order chi connectivity index (χ1) is 10.5. The first-order valence-electron chi connectivity index (χ1n) is 5.62. The maximum atomic E-state index is 13.1. The van der Waals surface area contributed by atoms with E-state index in [-0.39, 0.29) is 16.4 Å². The summed E-state index contributed by atoms with van der Waals surface area (Å²) in [6, 6.07) is 0. The van der Waals surface area contributed by atoms with Gasteiger partial charge in [-0.1, -0.05) is 0 Å². The van der Waals surface area contributed by atoms with Crippen molar-refractivity contribution in [1.29, 1.82) is 0 Å². The molecule has 0 N–H and O–H groups in total. The topological polar surface area (TPSA) is 52.7 Å². The summed E-state index contributed by atoms with van der Waals surface area (Å²) < 4.78 is 78.8. The predicted octanol–water partition coefficient (Wildman–Crippen LogP) is 2.92. The van der Waals surface area contributed by atoms with Gasteiger partial charge in [-0.2, -0.15) is 36.3 Å². The number of allylic oxidation sites excluding steroid dienone is 2. The molecule has 3 rings (SSSR count). The summed E-state index contributed by atoms with van der Waals surface area (Å²) in [6.07, 6.45) is -10.2. The standard InChI is InChI=1S/C10H3F6N5S2/c11-9(12,13)2-1-3(10(14,15)16)5-18-8(23)20-6-19-7(22)17-4(2)21(5)6/h1H,(H2,17,18,19,20,22,23). The number of aliphatic imine (C=N–C) groups is 4. The van der Waals surface area contributed by atoms with E-state index in [9.17, 15) is 26.3 Å². The molecule has 3 aliphatic rings. The number of amidine groups is 3. The minimum Gasteiger partial charge on any atom is -0.245 e. The van der Waals surface area contributed by atoms with Crippen LogP contribution in [0.15, 0.2) is 43.0 Å². The minimum atomic E-state index is -5.08. The molecular formula is C10H3F6N5S2. The largest absolute Gasteiger partial charge is 0.420 e. The van der Waals surface area contributed by atoms with E-state index in [1.54, 1.807) is 0 Å². The molecule has 5 nitrogen and oxygen atoms in total. The molecule has 0 spiro atoms. The first kappa shape index (κ1) is 16.1. The second kappa shape index (κ2) is 4.87. The molecule has 0 saturated carbocycles. The lowest BCUT2D eigenvalue weighted by Gasteiger charge is -2.35. The van der Waals surface area contributed by atoms with Crippen molar-refractivity contribution >= 4 is 47.4 Å². The molecule has 0 atom stereocenters. The lowest BCUT2D eigenvalue weighted by molar-refractivity contribution is -0.0947. The molecule has 0 fully saturated rings. The van der Waals surface area contributed by atoms with Crippen molar-refractivity contribution in [2.24, 2.45) is 20.0 Å². The van der Waals surface area contributed by atoms with Gasteiger partial charge in [-0.15, -0.1) is 25.3 Å². The SMILES string of the molecule is FC(F)(F)C1=CC(C(F)(F)F)=C2N=C(S)N=C3N=C(S)N=C1N32. The van der Waals surface area contributed by atoms with Crippen molar-refractivity contribution in [2.45, 2.75) is 12.4 Å². The van der Waals surface area contributed by atoms with E-state index in [1.807, 2.05) is 0 Å². The van der Waals surface area contributed by atoms with Gasteiger partial charge >= 0.3 is 12.4 Å². The normalized spacial score (nSPS) is 21.2. The van der Waals surface area contributed by atoms with Crippen LogP contribution in [0, 0.1) is 0 Å². The summed E-state index contributed by atoms with van der Waals surface area (Å²) in [5.74, 6) is -2.14. The number of rotatable bonds is 0. The number of hydrogen-bond acceptors (Lipinski definition) is 5. The van der Waals surface area contributed by atoms with Gasteiger partial charge in [0.25, 0.3) is 0 Å². The van der Waals surface area contributed by atoms with Gasteiger partial charge in [0.2, 0.25) is 5.96 Å². The Labute approximate surface area is 134 Å². The number of hydrogen-bond donors (Lipinski definition) is 2. The molecule has 0 aromatic rings. The molecule has 23 heavy (non-hydrogen) atoms. The Morgan fingerprint density at radius 3 is 2.00 bits per heavy atom. The molecule has 3 heterocycles. The van der Waals surface area contributed by atoms with E-state index in [1.165, 1.54) is 0 Å². The number of guanidine groups is 1. The van der Waals surface area contributed by atoms with Crippen molar-refractivity contribution in [1.82, 2.24) is 4.90 Å². The van der Waals surface area contributed by atoms with E-state index in [0.717, 1.165) is 0 Å². The highest BCUT2D eigenvalue weighted by molar-refractivity contribution is 7.97. The molecule has 0 aromatic carbocycles. The molecule has 0 radical (unpaired) electrons. The van der Waals surface area contributed by atoms with Gasteiger partial charge in [0.1, 0.15) is 0 Å². The van der Waals surface area contributed by atoms with Crippen LogP contribution in [0.3, 0.4) is 0 Å². The third kappa shape index (κ3) is 2.67. The van der Waals surface area contributed by atoms with Crippen molar-refractivity contribution in [3.8, 4) is 0 Å². The van der Waals surface area contributed by atoms with Crippen LogP contribution in [-0.4, -0.2) is 39.4 Å². The third-order valence-electron chi connectivity index (χ3n) is 2.82. The van der Waals surface area contributed by atoms with Crippen LogP contribution in [0.4, 0.5) is 26.3 Å². The molecule has 0 aliphatic carbocycles. The summed E-state index contributed by atoms with van der Waals surface area (Å²) in [4.78, 5) is 14.6. The smallest absolute Gasteiger partial charge is 0.245 e. The van der Waals surface area contributed by atoms with Crippen LogP contribution in [-0.2, 0) is 0 Å². The molecule has 0 bridgehead atoms. The van der Waals surface area contributed by atoms with E-state index < -0.39 is 41.1 Å². The molecule has 0 saturated heterocycles. The second-order valence-electron chi connectivity index (χ2n) is 4.30. The molecule has 0 unspecified atom stereocenters. The van der Waals surface area contributed by atoms with Gasteiger partial charge in [0.05, 0.1) is 11.1 Å². The molecular weight excluding hydrogens is 368 g/mol. The van der Waals surface area contributed by atoms with Crippen molar-refractivity contribution in [3.63, 3.8) is 0 Å². The van der Waals surface area contributed by atoms with Gasteiger partial charge in [-0.3, -0.25) is 0 Å². The average Bonchev–Trinajstić information content (AvgIpc) is 2.34. The highest BCUT2D eigenvalue weighted by Crippen LogP contribution is 2.42. The Morgan fingerprint density at radius 2 is 1.43 bits per heavy atom. The van der Waals surface area contributed by atoms with Gasteiger partial charge in [-0.05, 0) is 6.08 Å². The van der Waals surface area contributed by atoms with Crippen LogP contribution in [0.25, 0.3) is 0 Å². The van der Waals surface area contributed by atoms with Crippen molar-refractivity contribution in [3.05, 3.63) is 23.0 Å². The Hall–Kier alpha value is -1.76. The lowest BCUT2D eigenvalue weighted by Crippen LogP contribution is -2.47. The zero-order valence-electron chi connectivity index (χ0n) is 10.5. The summed E-state index contributed by atoms with van der Waals surface area (Å²) in [5, 5.41) is -0.772. The monoisotopic (exact) mass is 371 g/mol. The second-order valence-corrected chi connectivity index (χ2v) is 5.10. The van der Waals surface area contributed by atoms with Gasteiger partial charge < -0.3 is 0 Å². The van der Waals surface area contributed by atoms with Crippen LogP contribution in [0.5, 0.6) is 0 Å². The lowest BCUT2D eigenvalue weighted by atomic mass is 10.0. The fraction of sp³-hybridized carbons (Fsp3) is 0.200. The molecule has 122 valence electrons. The number of nitrogens with zero attached hydrogens (tertiary/aromatic N) is 5. The highest BCUT2D eigenvalue weighted by atomic mass is 32.1. The maximum Gasteiger partial charge on any atom is 0.420 e. The molecule has 3 aliphatic heterocycles. The Morgan fingerprint density at radius 1 is 0.826 bits per heavy atom. The summed E-state index contributed by atoms with van der Waals surface area (Å²) >= 11 is 7.50. The van der Waals surface area contributed by atoms with Gasteiger partial charge in [0.15, 0.2) is 22.0 Å². The van der Waals surface area contributed by atoms with Gasteiger partial charge in [-0.25, -0.2) is 14.9 Å². The van der Waals surface area contributed by atoms with Crippen molar-refractivity contribution < 1.29 is 26.3 Å². The highest BCUT2D eigenvalue weighted by Gasteiger charge is 2.50. The molecule has 13 heteroatoms.